The van der Waals surface area contributed by atoms with Gasteiger partial charge in [-0.05, 0) is 85.5 Å². The van der Waals surface area contributed by atoms with Crippen molar-refractivity contribution >= 4 is 54.6 Å². The fraction of sp³-hybridized carbons (Fsp3) is 0.192. The molecule has 0 aliphatic carbocycles. The Bertz CT molecular complexity index is 1450. The van der Waals surface area contributed by atoms with Gasteiger partial charge in [-0.1, -0.05) is 23.7 Å². The first-order valence-corrected chi connectivity index (χ1v) is 13.6. The smallest absolute Gasteiger partial charge is 0.264 e. The number of hydrogen-bond donors (Lipinski definition) is 1. The summed E-state index contributed by atoms with van der Waals surface area (Å²) in [4.78, 5) is 13.6. The summed E-state index contributed by atoms with van der Waals surface area (Å²) in [6.45, 7) is 3.96. The molecule has 1 amide bonds. The van der Waals surface area contributed by atoms with Gasteiger partial charge in [0.25, 0.3) is 15.9 Å². The van der Waals surface area contributed by atoms with Gasteiger partial charge >= 0.3 is 0 Å². The summed E-state index contributed by atoms with van der Waals surface area (Å²) >= 11 is 7.32. The molecule has 35 heavy (non-hydrogen) atoms. The summed E-state index contributed by atoms with van der Waals surface area (Å²) in [5.41, 5.74) is 1.49. The molecule has 0 aliphatic rings. The number of thiophene rings is 1. The van der Waals surface area contributed by atoms with Gasteiger partial charge in [0.2, 0.25) is 0 Å². The van der Waals surface area contributed by atoms with Crippen LogP contribution in [0.5, 0.6) is 5.75 Å². The van der Waals surface area contributed by atoms with Gasteiger partial charge in [-0.2, -0.15) is 0 Å². The summed E-state index contributed by atoms with van der Waals surface area (Å²) in [6.07, 6.45) is 0. The van der Waals surface area contributed by atoms with Crippen molar-refractivity contribution in [3.63, 3.8) is 0 Å². The minimum absolute atomic E-state index is 0.182. The summed E-state index contributed by atoms with van der Waals surface area (Å²) in [5, 5.41) is 4.46. The second kappa shape index (κ2) is 10.3. The lowest BCUT2D eigenvalue weighted by Gasteiger charge is -2.23. The molecule has 1 heterocycles. The van der Waals surface area contributed by atoms with Crippen molar-refractivity contribution in [3.8, 4) is 5.75 Å². The number of carbonyl (C=O) groups excluding carboxylic acids is 1. The second-order valence-corrected chi connectivity index (χ2v) is 11.3. The molecule has 0 aliphatic heterocycles. The number of rotatable bonds is 8. The summed E-state index contributed by atoms with van der Waals surface area (Å²) in [5.74, 6) is 0.399. The molecule has 0 fully saturated rings. The quantitative estimate of drug-likeness (QED) is 0.292. The predicted molar refractivity (Wildman–Crippen MR) is 142 cm³/mol. The van der Waals surface area contributed by atoms with Crippen LogP contribution in [-0.4, -0.2) is 28.0 Å². The molecule has 9 heteroatoms. The number of fused-ring (bicyclic) bond motifs is 1. The largest absolute Gasteiger partial charge is 0.497 e. The minimum atomic E-state index is -3.76. The van der Waals surface area contributed by atoms with Gasteiger partial charge in [-0.3, -0.25) is 9.10 Å². The van der Waals surface area contributed by atoms with E-state index in [0.717, 1.165) is 15.6 Å². The van der Waals surface area contributed by atoms with Crippen LogP contribution >= 0.6 is 22.9 Å². The van der Waals surface area contributed by atoms with Gasteiger partial charge in [0.05, 0.1) is 28.6 Å². The molecule has 0 saturated carbocycles. The highest BCUT2D eigenvalue weighted by molar-refractivity contribution is 7.92. The summed E-state index contributed by atoms with van der Waals surface area (Å²) in [6, 6.07) is 20.7. The van der Waals surface area contributed by atoms with Gasteiger partial charge in [0.1, 0.15) is 5.75 Å². The molecule has 0 spiro atoms. The van der Waals surface area contributed by atoms with E-state index in [1.165, 1.54) is 34.9 Å². The van der Waals surface area contributed by atoms with Crippen LogP contribution in [0.1, 0.15) is 35.1 Å². The highest BCUT2D eigenvalue weighted by Gasteiger charge is 2.24. The molecular weight excluding hydrogens is 504 g/mol. The van der Waals surface area contributed by atoms with Crippen molar-refractivity contribution in [1.29, 1.82) is 0 Å². The van der Waals surface area contributed by atoms with E-state index in [1.54, 1.807) is 49.4 Å². The lowest BCUT2D eigenvalue weighted by atomic mass is 10.1. The predicted octanol–water partition coefficient (Wildman–Crippen LogP) is 6.27. The number of carbonyl (C=O) groups is 1. The van der Waals surface area contributed by atoms with E-state index in [9.17, 15) is 13.2 Å². The van der Waals surface area contributed by atoms with E-state index in [2.05, 4.69) is 5.32 Å². The highest BCUT2D eigenvalue weighted by Crippen LogP contribution is 2.32. The number of ether oxygens (including phenoxy) is 1. The van der Waals surface area contributed by atoms with Gasteiger partial charge in [0, 0.05) is 16.3 Å². The SMILES string of the molecule is CCN(c1ccc2sc(C(=O)N[C@H](C)c3ccc(Cl)cc3)cc2c1)S(=O)(=O)c1ccc(OC)cc1. The first-order valence-electron chi connectivity index (χ1n) is 11.0. The van der Waals surface area contributed by atoms with Crippen molar-refractivity contribution < 1.29 is 17.9 Å². The molecule has 0 bridgehead atoms. The third-order valence-electron chi connectivity index (χ3n) is 5.66. The van der Waals surface area contributed by atoms with E-state index in [0.29, 0.717) is 21.3 Å². The zero-order valence-corrected chi connectivity index (χ0v) is 21.9. The Labute approximate surface area is 214 Å². The molecule has 1 aromatic heterocycles. The number of amides is 1. The van der Waals surface area contributed by atoms with Crippen LogP contribution in [0.4, 0.5) is 5.69 Å². The first kappa shape index (κ1) is 25.0. The number of halogens is 1. The fourth-order valence-electron chi connectivity index (χ4n) is 3.77. The number of hydrogen-bond acceptors (Lipinski definition) is 5. The zero-order chi connectivity index (χ0) is 25.2. The van der Waals surface area contributed by atoms with Gasteiger partial charge < -0.3 is 10.1 Å². The number of methoxy groups -OCH3 is 1. The molecule has 182 valence electrons. The topological polar surface area (TPSA) is 75.7 Å². The van der Waals surface area contributed by atoms with Crippen LogP contribution in [0.15, 0.2) is 77.7 Å². The van der Waals surface area contributed by atoms with Crippen molar-refractivity contribution in [2.24, 2.45) is 0 Å². The standard InChI is InChI=1S/C26H25ClN2O4S2/c1-4-29(35(31,32)23-12-10-22(33-3)11-13-23)21-9-14-24-19(15-21)16-25(34-24)26(30)28-17(2)18-5-7-20(27)8-6-18/h5-17H,4H2,1-3H3,(H,28,30)/t17-/m1/s1. The molecular formula is C26H25ClN2O4S2. The number of benzene rings is 3. The Hall–Kier alpha value is -3.07. The average molecular weight is 529 g/mol. The summed E-state index contributed by atoms with van der Waals surface area (Å²) < 4.78 is 34.0. The minimum Gasteiger partial charge on any atom is -0.497 e. The fourth-order valence-corrected chi connectivity index (χ4v) is 6.30. The molecule has 4 rings (SSSR count). The maximum absolute atomic E-state index is 13.3. The lowest BCUT2D eigenvalue weighted by Crippen LogP contribution is -2.30. The van der Waals surface area contributed by atoms with Gasteiger partial charge in [-0.25, -0.2) is 8.42 Å². The lowest BCUT2D eigenvalue weighted by molar-refractivity contribution is 0.0944. The molecule has 1 N–H and O–H groups in total. The Morgan fingerprint density at radius 2 is 1.74 bits per heavy atom. The monoisotopic (exact) mass is 528 g/mol. The van der Waals surface area contributed by atoms with Crippen LogP contribution in [0.3, 0.4) is 0 Å². The molecule has 0 unspecified atom stereocenters. The van der Waals surface area contributed by atoms with Crippen molar-refractivity contribution in [2.75, 3.05) is 18.0 Å². The Balaban J connectivity index is 1.58. The molecule has 3 aromatic carbocycles. The van der Waals surface area contributed by atoms with Crippen LogP contribution < -0.4 is 14.4 Å². The number of sulfonamides is 1. The first-order chi connectivity index (χ1) is 16.7. The van der Waals surface area contributed by atoms with E-state index in [-0.39, 0.29) is 23.4 Å². The average Bonchev–Trinajstić information content (AvgIpc) is 3.28. The van der Waals surface area contributed by atoms with Crippen LogP contribution in [-0.2, 0) is 10.0 Å². The highest BCUT2D eigenvalue weighted by atomic mass is 35.5. The maximum atomic E-state index is 13.3. The molecule has 4 aromatic rings. The molecule has 0 radical (unpaired) electrons. The zero-order valence-electron chi connectivity index (χ0n) is 19.5. The van der Waals surface area contributed by atoms with E-state index >= 15 is 0 Å². The van der Waals surface area contributed by atoms with Crippen molar-refractivity contribution in [2.45, 2.75) is 24.8 Å². The van der Waals surface area contributed by atoms with Gasteiger partial charge in [-0.15, -0.1) is 11.3 Å². The van der Waals surface area contributed by atoms with E-state index < -0.39 is 10.0 Å². The number of anilines is 1. The second-order valence-electron chi connectivity index (χ2n) is 7.92. The summed E-state index contributed by atoms with van der Waals surface area (Å²) in [7, 11) is -2.23. The normalized spacial score (nSPS) is 12.3. The Kier molecular flexibility index (Phi) is 7.35. The van der Waals surface area contributed by atoms with Crippen LogP contribution in [0.2, 0.25) is 5.02 Å². The third kappa shape index (κ3) is 5.29. The van der Waals surface area contributed by atoms with E-state index in [1.807, 2.05) is 25.1 Å². The van der Waals surface area contributed by atoms with Crippen molar-refractivity contribution in [3.05, 3.63) is 88.3 Å². The molecule has 0 saturated heterocycles. The number of nitrogens with one attached hydrogen (secondary N) is 1. The van der Waals surface area contributed by atoms with Crippen LogP contribution in [0, 0.1) is 0 Å². The van der Waals surface area contributed by atoms with Gasteiger partial charge in [0.15, 0.2) is 0 Å². The van der Waals surface area contributed by atoms with Crippen molar-refractivity contribution in [1.82, 2.24) is 5.32 Å². The molecule has 6 nitrogen and oxygen atoms in total. The van der Waals surface area contributed by atoms with E-state index in [4.69, 9.17) is 16.3 Å². The molecule has 1 atom stereocenters. The third-order valence-corrected chi connectivity index (χ3v) is 8.95. The van der Waals surface area contributed by atoms with Crippen LogP contribution in [0.25, 0.3) is 10.1 Å². The maximum Gasteiger partial charge on any atom is 0.264 e. The Morgan fingerprint density at radius 3 is 2.37 bits per heavy atom. The Morgan fingerprint density at radius 1 is 1.06 bits per heavy atom. The number of nitrogens with zero attached hydrogens (tertiary/aromatic N) is 1.